The Morgan fingerprint density at radius 1 is 1.47 bits per heavy atom. The Balaban J connectivity index is 2.20. The molecule has 0 spiro atoms. The first-order valence-electron chi connectivity index (χ1n) is 6.01. The lowest BCUT2D eigenvalue weighted by Gasteiger charge is -2.25. The third kappa shape index (κ3) is 2.82. The third-order valence-electron chi connectivity index (χ3n) is 3.03. The molecule has 1 saturated heterocycles. The van der Waals surface area contributed by atoms with Crippen LogP contribution < -0.4 is 15.4 Å². The second kappa shape index (κ2) is 5.27. The molecule has 0 radical (unpaired) electrons. The number of rotatable bonds is 2. The largest absolute Gasteiger partial charge is 0.495 e. The fraction of sp³-hybridized carbons (Fsp3) is 0.538. The Bertz CT molecular complexity index is 382. The normalized spacial score (nSPS) is 21.1. The van der Waals surface area contributed by atoms with Crippen LogP contribution in [0.25, 0.3) is 0 Å². The van der Waals surface area contributed by atoms with Crippen LogP contribution in [0.4, 0.5) is 11.4 Å². The number of hydrogen-bond donors (Lipinski definition) is 1. The van der Waals surface area contributed by atoms with Gasteiger partial charge < -0.3 is 20.1 Å². The summed E-state index contributed by atoms with van der Waals surface area (Å²) in [6.45, 7) is 4.86. The molecular weight excluding hydrogens is 216 g/mol. The predicted octanol–water partition coefficient (Wildman–Crippen LogP) is 1.89. The number of hydrogen-bond acceptors (Lipinski definition) is 4. The van der Waals surface area contributed by atoms with E-state index >= 15 is 0 Å². The molecule has 2 rings (SSSR count). The monoisotopic (exact) mass is 236 g/mol. The van der Waals surface area contributed by atoms with E-state index in [1.807, 2.05) is 18.2 Å². The molecule has 1 fully saturated rings. The van der Waals surface area contributed by atoms with Crippen LogP contribution in [0.5, 0.6) is 5.75 Å². The van der Waals surface area contributed by atoms with E-state index in [2.05, 4.69) is 11.8 Å². The Morgan fingerprint density at radius 2 is 2.29 bits per heavy atom. The number of methoxy groups -OCH3 is 1. The summed E-state index contributed by atoms with van der Waals surface area (Å²) in [4.78, 5) is 2.32. The highest BCUT2D eigenvalue weighted by Gasteiger charge is 2.16. The Hall–Kier alpha value is -1.42. The van der Waals surface area contributed by atoms with E-state index in [0.29, 0.717) is 5.69 Å². The molecule has 1 heterocycles. The lowest BCUT2D eigenvalue weighted by atomic mass is 10.2. The lowest BCUT2D eigenvalue weighted by Crippen LogP contribution is -2.30. The van der Waals surface area contributed by atoms with Gasteiger partial charge in [-0.1, -0.05) is 0 Å². The fourth-order valence-corrected chi connectivity index (χ4v) is 2.13. The first kappa shape index (κ1) is 12.0. The van der Waals surface area contributed by atoms with Gasteiger partial charge in [-0.2, -0.15) is 0 Å². The van der Waals surface area contributed by atoms with E-state index < -0.39 is 0 Å². The fourth-order valence-electron chi connectivity index (χ4n) is 2.13. The zero-order valence-electron chi connectivity index (χ0n) is 10.5. The van der Waals surface area contributed by atoms with Crippen LogP contribution in [0.1, 0.15) is 13.3 Å². The van der Waals surface area contributed by atoms with Gasteiger partial charge >= 0.3 is 0 Å². The summed E-state index contributed by atoms with van der Waals surface area (Å²) in [7, 11) is 1.64. The number of ether oxygens (including phenoxy) is 2. The van der Waals surface area contributed by atoms with Crippen molar-refractivity contribution >= 4 is 11.4 Å². The number of nitrogens with two attached hydrogens (primary N) is 1. The summed E-state index contributed by atoms with van der Waals surface area (Å²) < 4.78 is 10.9. The minimum atomic E-state index is 0.265. The van der Waals surface area contributed by atoms with E-state index in [-0.39, 0.29) is 6.10 Å². The molecule has 0 bridgehead atoms. The highest BCUT2D eigenvalue weighted by molar-refractivity contribution is 5.62. The van der Waals surface area contributed by atoms with Crippen molar-refractivity contribution in [3.63, 3.8) is 0 Å². The summed E-state index contributed by atoms with van der Waals surface area (Å²) in [5, 5.41) is 0. The van der Waals surface area contributed by atoms with Crippen LogP contribution in [0.15, 0.2) is 18.2 Å². The van der Waals surface area contributed by atoms with Gasteiger partial charge in [0.25, 0.3) is 0 Å². The standard InChI is InChI=1S/C13H20N2O2/c1-10-9-15(6-3-7-17-10)11-4-5-12(14)13(8-11)16-2/h4-5,8,10H,3,6-7,9,14H2,1-2H3. The van der Waals surface area contributed by atoms with Crippen LogP contribution in [-0.2, 0) is 4.74 Å². The average Bonchev–Trinajstić information content (AvgIpc) is 2.54. The van der Waals surface area contributed by atoms with Gasteiger partial charge in [-0.05, 0) is 25.5 Å². The smallest absolute Gasteiger partial charge is 0.143 e. The highest BCUT2D eigenvalue weighted by Crippen LogP contribution is 2.28. The van der Waals surface area contributed by atoms with Crippen molar-refractivity contribution in [3.8, 4) is 5.75 Å². The van der Waals surface area contributed by atoms with Crippen LogP contribution in [0, 0.1) is 0 Å². The molecule has 2 N–H and O–H groups in total. The predicted molar refractivity (Wildman–Crippen MR) is 69.7 cm³/mol. The maximum atomic E-state index is 5.82. The van der Waals surface area contributed by atoms with Gasteiger partial charge in [-0.15, -0.1) is 0 Å². The SMILES string of the molecule is COc1cc(N2CCCOC(C)C2)ccc1N. The van der Waals surface area contributed by atoms with Crippen LogP contribution >= 0.6 is 0 Å². The summed E-state index contributed by atoms with van der Waals surface area (Å²) in [5.74, 6) is 0.736. The minimum absolute atomic E-state index is 0.265. The molecule has 1 aromatic carbocycles. The van der Waals surface area contributed by atoms with Gasteiger partial charge in [-0.3, -0.25) is 0 Å². The maximum absolute atomic E-state index is 5.82. The zero-order chi connectivity index (χ0) is 12.3. The quantitative estimate of drug-likeness (QED) is 0.797. The molecule has 1 aliphatic rings. The first-order chi connectivity index (χ1) is 8.20. The summed E-state index contributed by atoms with van der Waals surface area (Å²) in [6, 6.07) is 5.92. The minimum Gasteiger partial charge on any atom is -0.495 e. The molecule has 17 heavy (non-hydrogen) atoms. The van der Waals surface area contributed by atoms with Gasteiger partial charge in [0.2, 0.25) is 0 Å². The van der Waals surface area contributed by atoms with Crippen LogP contribution in [-0.4, -0.2) is 32.9 Å². The van der Waals surface area contributed by atoms with Crippen molar-refractivity contribution in [1.29, 1.82) is 0 Å². The van der Waals surface area contributed by atoms with E-state index in [1.165, 1.54) is 0 Å². The van der Waals surface area contributed by atoms with Crippen LogP contribution in [0.2, 0.25) is 0 Å². The molecule has 0 aromatic heterocycles. The van der Waals surface area contributed by atoms with Crippen molar-refractivity contribution in [2.75, 3.05) is 37.4 Å². The maximum Gasteiger partial charge on any atom is 0.143 e. The van der Waals surface area contributed by atoms with E-state index in [4.69, 9.17) is 15.2 Å². The van der Waals surface area contributed by atoms with E-state index in [9.17, 15) is 0 Å². The molecule has 1 aromatic rings. The molecule has 1 aliphatic heterocycles. The zero-order valence-corrected chi connectivity index (χ0v) is 10.5. The summed E-state index contributed by atoms with van der Waals surface area (Å²) in [6.07, 6.45) is 1.32. The molecule has 94 valence electrons. The molecule has 0 amide bonds. The molecule has 4 nitrogen and oxygen atoms in total. The third-order valence-corrected chi connectivity index (χ3v) is 3.03. The van der Waals surface area contributed by atoms with Gasteiger partial charge in [0.05, 0.1) is 18.9 Å². The topological polar surface area (TPSA) is 47.7 Å². The average molecular weight is 236 g/mol. The number of benzene rings is 1. The number of nitrogens with zero attached hydrogens (tertiary/aromatic N) is 1. The van der Waals surface area contributed by atoms with Gasteiger partial charge in [0.15, 0.2) is 0 Å². The molecule has 0 saturated carbocycles. The van der Waals surface area contributed by atoms with Crippen molar-refractivity contribution in [2.45, 2.75) is 19.4 Å². The van der Waals surface area contributed by atoms with E-state index in [0.717, 1.165) is 37.6 Å². The second-order valence-electron chi connectivity index (χ2n) is 4.41. The number of nitrogen functional groups attached to an aromatic ring is 1. The van der Waals surface area contributed by atoms with Gasteiger partial charge in [0, 0.05) is 31.5 Å². The van der Waals surface area contributed by atoms with Crippen LogP contribution in [0.3, 0.4) is 0 Å². The van der Waals surface area contributed by atoms with Crippen molar-refractivity contribution in [2.24, 2.45) is 0 Å². The summed E-state index contributed by atoms with van der Waals surface area (Å²) in [5.41, 5.74) is 7.64. The van der Waals surface area contributed by atoms with Crippen molar-refractivity contribution < 1.29 is 9.47 Å². The second-order valence-corrected chi connectivity index (χ2v) is 4.41. The molecule has 0 aliphatic carbocycles. The highest BCUT2D eigenvalue weighted by atomic mass is 16.5. The van der Waals surface area contributed by atoms with Crippen molar-refractivity contribution in [1.82, 2.24) is 0 Å². The first-order valence-corrected chi connectivity index (χ1v) is 6.01. The number of anilines is 2. The van der Waals surface area contributed by atoms with Crippen molar-refractivity contribution in [3.05, 3.63) is 18.2 Å². The van der Waals surface area contributed by atoms with Gasteiger partial charge in [-0.25, -0.2) is 0 Å². The Morgan fingerprint density at radius 3 is 3.06 bits per heavy atom. The Labute approximate surface area is 102 Å². The lowest BCUT2D eigenvalue weighted by molar-refractivity contribution is 0.0821. The summed E-state index contributed by atoms with van der Waals surface area (Å²) >= 11 is 0. The Kier molecular flexibility index (Phi) is 3.74. The molecule has 4 heteroatoms. The molecule has 1 atom stereocenters. The van der Waals surface area contributed by atoms with E-state index in [1.54, 1.807) is 7.11 Å². The molecule has 1 unspecified atom stereocenters. The van der Waals surface area contributed by atoms with Gasteiger partial charge in [0.1, 0.15) is 5.75 Å². The molecular formula is C13H20N2O2.